The van der Waals surface area contributed by atoms with E-state index in [-0.39, 0.29) is 6.61 Å². The molecule has 1 atom stereocenters. The van der Waals surface area contributed by atoms with Gasteiger partial charge in [-0.15, -0.1) is 0 Å². The van der Waals surface area contributed by atoms with E-state index in [0.29, 0.717) is 19.6 Å². The zero-order valence-corrected chi connectivity index (χ0v) is 14.5. The number of nitrogens with one attached hydrogen (secondary N) is 1. The van der Waals surface area contributed by atoms with Gasteiger partial charge in [0.05, 0.1) is 6.61 Å². The number of rotatable bonds is 12. The summed E-state index contributed by atoms with van der Waals surface area (Å²) < 4.78 is 21.2. The van der Waals surface area contributed by atoms with Crippen molar-refractivity contribution in [1.29, 1.82) is 0 Å². The van der Waals surface area contributed by atoms with Gasteiger partial charge in [0.1, 0.15) is 12.8 Å². The molecule has 1 aromatic carbocycles. The second-order valence-corrected chi connectivity index (χ2v) is 6.58. The van der Waals surface area contributed by atoms with E-state index in [1.165, 1.54) is 0 Å². The van der Waals surface area contributed by atoms with Crippen LogP contribution in [0.1, 0.15) is 31.2 Å². The van der Waals surface area contributed by atoms with Crippen LogP contribution < -0.4 is 5.32 Å². The minimum absolute atomic E-state index is 0.250. The van der Waals surface area contributed by atoms with Crippen molar-refractivity contribution in [3.05, 3.63) is 35.9 Å². The number of alkyl carbamates (subject to hydrolysis) is 1. The second-order valence-electron chi connectivity index (χ2n) is 5.19. The fraction of sp³-hybridized carbons (Fsp3) is 0.500. The topological polar surface area (TPSA) is 102 Å². The summed E-state index contributed by atoms with van der Waals surface area (Å²) in [6.07, 6.45) is 2.43. The monoisotopic (exact) mass is 357 g/mol. The Morgan fingerprint density at radius 3 is 2.50 bits per heavy atom. The van der Waals surface area contributed by atoms with Crippen molar-refractivity contribution < 1.29 is 28.5 Å². The summed E-state index contributed by atoms with van der Waals surface area (Å²) in [4.78, 5) is 21.8. The molecule has 1 rings (SSSR count). The van der Waals surface area contributed by atoms with E-state index in [4.69, 9.17) is 14.4 Å². The molecule has 1 amide bonds. The highest BCUT2D eigenvalue weighted by Crippen LogP contribution is 2.21. The molecular weight excluding hydrogens is 333 g/mol. The molecule has 0 spiro atoms. The number of carboxylic acid groups (broad SMARTS) is 1. The quantitative estimate of drug-likeness (QED) is 0.440. The predicted octanol–water partition coefficient (Wildman–Crippen LogP) is 3.05. The maximum Gasteiger partial charge on any atom is 0.407 e. The lowest BCUT2D eigenvalue weighted by molar-refractivity contribution is -0.134. The average molecular weight is 357 g/mol. The lowest BCUT2D eigenvalue weighted by Crippen LogP contribution is -2.25. The van der Waals surface area contributed by atoms with Crippen molar-refractivity contribution in [2.24, 2.45) is 0 Å². The van der Waals surface area contributed by atoms with E-state index in [2.05, 4.69) is 5.32 Å². The molecule has 24 heavy (non-hydrogen) atoms. The van der Waals surface area contributed by atoms with Gasteiger partial charge in [0.15, 0.2) is 0 Å². The van der Waals surface area contributed by atoms with Crippen LogP contribution in [0.4, 0.5) is 4.79 Å². The van der Waals surface area contributed by atoms with Crippen molar-refractivity contribution in [3.8, 4) is 0 Å². The Labute approximate surface area is 142 Å². The van der Waals surface area contributed by atoms with Gasteiger partial charge in [0.2, 0.25) is 8.03 Å². The third-order valence-electron chi connectivity index (χ3n) is 3.11. The molecule has 0 aromatic heterocycles. The molecule has 0 aliphatic carbocycles. The van der Waals surface area contributed by atoms with Crippen LogP contribution in [0.3, 0.4) is 0 Å². The normalized spacial score (nSPS) is 11.7. The smallest absolute Gasteiger partial charge is 0.407 e. The first kappa shape index (κ1) is 20.2. The van der Waals surface area contributed by atoms with Crippen LogP contribution >= 0.6 is 8.03 Å². The van der Waals surface area contributed by atoms with Crippen molar-refractivity contribution in [1.82, 2.24) is 5.32 Å². The summed E-state index contributed by atoms with van der Waals surface area (Å²) >= 11 is 0. The molecule has 1 unspecified atom stereocenters. The van der Waals surface area contributed by atoms with Crippen LogP contribution in [0, 0.1) is 0 Å². The van der Waals surface area contributed by atoms with E-state index in [9.17, 15) is 14.2 Å². The van der Waals surface area contributed by atoms with E-state index in [1.54, 1.807) is 0 Å². The minimum atomic E-state index is -2.45. The Hall–Kier alpha value is -1.85. The SMILES string of the molecule is O=C(O)C[PH](=O)OCCCCCCNC(=O)OCc1ccccc1. The second kappa shape index (κ2) is 12.6. The molecule has 0 fully saturated rings. The van der Waals surface area contributed by atoms with Crippen molar-refractivity contribution in [3.63, 3.8) is 0 Å². The molecule has 8 heteroatoms. The third kappa shape index (κ3) is 10.8. The van der Waals surface area contributed by atoms with Gasteiger partial charge >= 0.3 is 12.1 Å². The lowest BCUT2D eigenvalue weighted by Gasteiger charge is -2.07. The molecule has 2 N–H and O–H groups in total. The average Bonchev–Trinajstić information content (AvgIpc) is 2.55. The summed E-state index contributed by atoms with van der Waals surface area (Å²) in [5, 5.41) is 11.1. The summed E-state index contributed by atoms with van der Waals surface area (Å²) in [5.41, 5.74) is 0.940. The number of aliphatic carboxylic acids is 1. The molecule has 7 nitrogen and oxygen atoms in total. The number of ether oxygens (including phenoxy) is 1. The van der Waals surface area contributed by atoms with Gasteiger partial charge in [0.25, 0.3) is 0 Å². The van der Waals surface area contributed by atoms with Crippen molar-refractivity contribution in [2.75, 3.05) is 19.3 Å². The largest absolute Gasteiger partial charge is 0.481 e. The lowest BCUT2D eigenvalue weighted by atomic mass is 10.2. The number of hydrogen-bond acceptors (Lipinski definition) is 5. The van der Waals surface area contributed by atoms with Gasteiger partial charge in [-0.25, -0.2) is 4.79 Å². The van der Waals surface area contributed by atoms with Crippen LogP contribution in [0.15, 0.2) is 30.3 Å². The molecule has 0 aliphatic heterocycles. The van der Waals surface area contributed by atoms with Crippen LogP contribution in [-0.2, 0) is 25.2 Å². The van der Waals surface area contributed by atoms with Crippen molar-refractivity contribution in [2.45, 2.75) is 32.3 Å². The Balaban J connectivity index is 1.92. The molecular formula is C16H24NO6P. The highest BCUT2D eigenvalue weighted by molar-refractivity contribution is 7.40. The third-order valence-corrected chi connectivity index (χ3v) is 4.23. The number of carbonyl (C=O) groups excluding carboxylic acids is 1. The number of unbranched alkanes of at least 4 members (excludes halogenated alkanes) is 3. The fourth-order valence-electron chi connectivity index (χ4n) is 1.91. The summed E-state index contributed by atoms with van der Waals surface area (Å²) in [5.74, 6) is -1.11. The van der Waals surface area contributed by atoms with Gasteiger partial charge in [-0.05, 0) is 18.4 Å². The first-order valence-corrected chi connectivity index (χ1v) is 9.42. The Kier molecular flexibility index (Phi) is 10.6. The summed E-state index contributed by atoms with van der Waals surface area (Å²) in [6, 6.07) is 9.46. The minimum Gasteiger partial charge on any atom is -0.481 e. The van der Waals surface area contributed by atoms with Gasteiger partial charge < -0.3 is 19.7 Å². The summed E-state index contributed by atoms with van der Waals surface area (Å²) in [7, 11) is -2.45. The molecule has 0 saturated carbocycles. The summed E-state index contributed by atoms with van der Waals surface area (Å²) in [6.45, 7) is 1.08. The van der Waals surface area contributed by atoms with E-state index in [1.807, 2.05) is 30.3 Å². The highest BCUT2D eigenvalue weighted by atomic mass is 31.1. The standard InChI is InChI=1S/C16H24NO6P/c18-15(19)13-24(21)23-11-7-2-1-6-10-17-16(20)22-12-14-8-4-3-5-9-14/h3-5,8-9,24H,1-2,6-7,10-13H2,(H,17,20)(H,18,19). The molecule has 0 heterocycles. The Morgan fingerprint density at radius 1 is 1.08 bits per heavy atom. The predicted molar refractivity (Wildman–Crippen MR) is 90.6 cm³/mol. The molecule has 1 aromatic rings. The first-order valence-electron chi connectivity index (χ1n) is 7.90. The van der Waals surface area contributed by atoms with Gasteiger partial charge in [-0.2, -0.15) is 0 Å². The van der Waals surface area contributed by atoms with Gasteiger partial charge in [0, 0.05) is 6.54 Å². The Bertz CT molecular complexity index is 523. The molecule has 0 bridgehead atoms. The van der Waals surface area contributed by atoms with E-state index in [0.717, 1.165) is 24.8 Å². The molecule has 134 valence electrons. The zero-order chi connectivity index (χ0) is 17.6. The fourth-order valence-corrected chi connectivity index (χ4v) is 2.63. The number of carboxylic acids is 1. The number of amides is 1. The van der Waals surface area contributed by atoms with E-state index < -0.39 is 26.3 Å². The van der Waals surface area contributed by atoms with Crippen LogP contribution in [0.25, 0.3) is 0 Å². The zero-order valence-electron chi connectivity index (χ0n) is 13.5. The van der Waals surface area contributed by atoms with E-state index >= 15 is 0 Å². The van der Waals surface area contributed by atoms with Crippen LogP contribution in [0.5, 0.6) is 0 Å². The van der Waals surface area contributed by atoms with Gasteiger partial charge in [-0.1, -0.05) is 43.2 Å². The highest BCUT2D eigenvalue weighted by Gasteiger charge is 2.05. The Morgan fingerprint density at radius 2 is 1.79 bits per heavy atom. The maximum atomic E-state index is 11.5. The molecule has 0 radical (unpaired) electrons. The number of carbonyl (C=O) groups is 2. The molecule has 0 aliphatic rings. The first-order chi connectivity index (χ1) is 11.6. The van der Waals surface area contributed by atoms with Crippen LogP contribution in [0.2, 0.25) is 0 Å². The number of hydrogen-bond donors (Lipinski definition) is 2. The van der Waals surface area contributed by atoms with Crippen molar-refractivity contribution >= 4 is 20.1 Å². The molecule has 0 saturated heterocycles. The number of benzene rings is 1. The maximum absolute atomic E-state index is 11.5. The van der Waals surface area contributed by atoms with Crippen LogP contribution in [-0.4, -0.2) is 36.5 Å². The van der Waals surface area contributed by atoms with Gasteiger partial charge in [-0.3, -0.25) is 9.36 Å².